The molecule has 0 radical (unpaired) electrons. The van der Waals surface area contributed by atoms with Gasteiger partial charge in [0, 0.05) is 0 Å². The van der Waals surface area contributed by atoms with E-state index in [9.17, 15) is 0 Å². The van der Waals surface area contributed by atoms with Gasteiger partial charge >= 0.3 is 21.1 Å². The van der Waals surface area contributed by atoms with Crippen LogP contribution in [0.15, 0.2) is 109 Å². The Balaban J connectivity index is 0.000000529. The molecule has 0 saturated carbocycles. The number of hydrogen-bond acceptors (Lipinski definition) is 0. The summed E-state index contributed by atoms with van der Waals surface area (Å²) >= 11 is 0. The number of hydrogen-bond donors (Lipinski definition) is 0. The van der Waals surface area contributed by atoms with Gasteiger partial charge in [-0.25, -0.2) is 0 Å². The van der Waals surface area contributed by atoms with Crippen LogP contribution < -0.4 is 0 Å². The maximum atomic E-state index is 6.97. The molecule has 0 unspecified atom stereocenters. The van der Waals surface area contributed by atoms with E-state index < -0.39 is 0 Å². The van der Waals surface area contributed by atoms with Gasteiger partial charge in [0.2, 0.25) is 0 Å². The number of rotatable bonds is 2. The summed E-state index contributed by atoms with van der Waals surface area (Å²) < 4.78 is 0. The minimum Gasteiger partial charge on any atom is -0.366 e. The molecule has 1 heteroatoms. The topological polar surface area (TPSA) is 0 Å². The van der Waals surface area contributed by atoms with Crippen LogP contribution in [-0.2, 0) is 21.1 Å². The van der Waals surface area contributed by atoms with Crippen LogP contribution in [0.3, 0.4) is 0 Å². The van der Waals surface area contributed by atoms with Crippen molar-refractivity contribution in [3.05, 3.63) is 148 Å². The first-order valence-corrected chi connectivity index (χ1v) is 8.96. The third kappa shape index (κ3) is 8.15. The summed E-state index contributed by atoms with van der Waals surface area (Å²) in [4.78, 5) is 0. The second-order valence-corrected chi connectivity index (χ2v) is 6.14. The molecular formula is C30H24Pt. The first-order chi connectivity index (χ1) is 13.8. The third-order valence-electron chi connectivity index (χ3n) is 4.27. The predicted octanol–water partition coefficient (Wildman–Crippen LogP) is 7.48. The van der Waals surface area contributed by atoms with E-state index in [-0.39, 0.29) is 35.9 Å². The Kier molecular flexibility index (Phi) is 13.1. The summed E-state index contributed by atoms with van der Waals surface area (Å²) in [6, 6.07) is 36.0. The van der Waals surface area contributed by atoms with Crippen molar-refractivity contribution in [1.82, 2.24) is 0 Å². The van der Waals surface area contributed by atoms with E-state index in [0.29, 0.717) is 0 Å². The fourth-order valence-electron chi connectivity index (χ4n) is 2.75. The van der Waals surface area contributed by atoms with E-state index in [1.165, 1.54) is 22.3 Å². The van der Waals surface area contributed by atoms with E-state index in [0.717, 1.165) is 11.1 Å². The van der Waals surface area contributed by atoms with Gasteiger partial charge in [-0.15, -0.1) is 35.4 Å². The van der Waals surface area contributed by atoms with E-state index in [4.69, 9.17) is 12.8 Å². The van der Waals surface area contributed by atoms with Gasteiger partial charge in [-0.05, 0) is 22.3 Å². The second-order valence-electron chi connectivity index (χ2n) is 6.14. The van der Waals surface area contributed by atoms with Crippen molar-refractivity contribution in [2.24, 2.45) is 0 Å². The van der Waals surface area contributed by atoms with Crippen molar-refractivity contribution in [2.45, 2.75) is 0 Å². The van der Waals surface area contributed by atoms with Crippen LogP contribution in [0.4, 0.5) is 0 Å². The molecule has 0 atom stereocenters. The van der Waals surface area contributed by atoms with Gasteiger partial charge in [0.25, 0.3) is 0 Å². The summed E-state index contributed by atoms with van der Waals surface area (Å²) in [6.45, 7) is 0. The summed E-state index contributed by atoms with van der Waals surface area (Å²) in [5, 5.41) is 0. The molecule has 0 saturated heterocycles. The minimum absolute atomic E-state index is 0. The summed E-state index contributed by atoms with van der Waals surface area (Å²) in [6.07, 6.45) is 13.9. The van der Waals surface area contributed by atoms with Crippen molar-refractivity contribution >= 4 is 0 Å². The Labute approximate surface area is 202 Å². The summed E-state index contributed by atoms with van der Waals surface area (Å²) in [5.74, 6) is 4.71. The van der Waals surface area contributed by atoms with Crippen LogP contribution in [0.25, 0.3) is 22.3 Å². The second kappa shape index (κ2) is 14.6. The maximum Gasteiger partial charge on any atom is 4.00 e. The molecule has 4 rings (SSSR count). The molecule has 31 heavy (non-hydrogen) atoms. The first-order valence-electron chi connectivity index (χ1n) is 8.96. The molecule has 0 spiro atoms. The quantitative estimate of drug-likeness (QED) is 0.171. The number of benzene rings is 4. The standard InChI is InChI=1S/2C14H9.2CH3.Pt/c2*1-2-12-8-10-14(11-9-12)13-6-4-3-5-7-13;;;/h2*3-11H;2*1H3;/q4*-1;+4. The fraction of sp³-hybridized carbons (Fsp3) is 0. The molecule has 0 heterocycles. The zero-order valence-corrected chi connectivity index (χ0v) is 20.0. The zero-order valence-electron chi connectivity index (χ0n) is 17.7. The molecule has 0 aliphatic heterocycles. The van der Waals surface area contributed by atoms with Gasteiger partial charge in [0.1, 0.15) is 0 Å². The molecular weight excluding hydrogens is 555 g/mol. The van der Waals surface area contributed by atoms with Crippen LogP contribution in [0.5, 0.6) is 0 Å². The molecule has 0 fully saturated rings. The smallest absolute Gasteiger partial charge is 0.366 e. The van der Waals surface area contributed by atoms with Gasteiger partial charge in [-0.3, -0.25) is 11.8 Å². The van der Waals surface area contributed by atoms with Crippen molar-refractivity contribution in [3.63, 3.8) is 0 Å². The molecule has 0 nitrogen and oxygen atoms in total. The Morgan fingerprint density at radius 2 is 0.645 bits per heavy atom. The van der Waals surface area contributed by atoms with Gasteiger partial charge in [-0.2, -0.15) is 0 Å². The van der Waals surface area contributed by atoms with E-state index in [2.05, 4.69) is 36.1 Å². The van der Waals surface area contributed by atoms with Gasteiger partial charge in [0.15, 0.2) is 0 Å². The van der Waals surface area contributed by atoms with E-state index >= 15 is 0 Å². The van der Waals surface area contributed by atoms with Crippen LogP contribution in [-0.4, -0.2) is 0 Å². The van der Waals surface area contributed by atoms with Crippen molar-refractivity contribution in [1.29, 1.82) is 0 Å². The first kappa shape index (κ1) is 27.7. The van der Waals surface area contributed by atoms with Crippen molar-refractivity contribution in [2.75, 3.05) is 0 Å². The zero-order chi connectivity index (χ0) is 19.6. The molecule has 0 amide bonds. The average Bonchev–Trinajstić information content (AvgIpc) is 2.81. The third-order valence-corrected chi connectivity index (χ3v) is 4.27. The molecule has 0 aliphatic carbocycles. The average molecular weight is 580 g/mol. The minimum atomic E-state index is 0. The summed E-state index contributed by atoms with van der Waals surface area (Å²) in [7, 11) is 0. The molecule has 154 valence electrons. The Morgan fingerprint density at radius 3 is 0.903 bits per heavy atom. The molecule has 0 aliphatic rings. The fourth-order valence-corrected chi connectivity index (χ4v) is 2.75. The van der Waals surface area contributed by atoms with Crippen molar-refractivity contribution < 1.29 is 21.1 Å². The monoisotopic (exact) mass is 579 g/mol. The molecule has 0 bridgehead atoms. The van der Waals surface area contributed by atoms with Crippen LogP contribution >= 0.6 is 0 Å². The normalized spacial score (nSPS) is 8.45. The van der Waals surface area contributed by atoms with E-state index in [1.54, 1.807) is 0 Å². The van der Waals surface area contributed by atoms with Crippen LogP contribution in [0.1, 0.15) is 11.1 Å². The molecule has 0 N–H and O–H groups in total. The molecule has 0 aromatic heterocycles. The van der Waals surface area contributed by atoms with Gasteiger partial charge in [0.05, 0.1) is 0 Å². The summed E-state index contributed by atoms with van der Waals surface area (Å²) in [5.41, 5.74) is 6.36. The van der Waals surface area contributed by atoms with E-state index in [1.807, 2.05) is 84.9 Å². The van der Waals surface area contributed by atoms with Gasteiger partial charge < -0.3 is 27.7 Å². The molecule has 4 aromatic rings. The van der Waals surface area contributed by atoms with Crippen LogP contribution in [0.2, 0.25) is 0 Å². The van der Waals surface area contributed by atoms with Gasteiger partial charge in [-0.1, -0.05) is 84.9 Å². The maximum absolute atomic E-state index is 6.97. The van der Waals surface area contributed by atoms with Crippen LogP contribution in [0, 0.1) is 39.5 Å². The molecule has 4 aromatic carbocycles. The van der Waals surface area contributed by atoms with Crippen molar-refractivity contribution in [3.8, 4) is 34.1 Å². The Bertz CT molecular complexity index is 987. The largest absolute Gasteiger partial charge is 4.00 e. The SMILES string of the molecule is [C-]#Cc1ccc(-c2ccccc2)cc1.[C-]#Cc1ccc(-c2ccccc2)cc1.[CH3-].[CH3-].[Pt+4]. The Hall–Kier alpha value is -3.31. The Morgan fingerprint density at radius 1 is 0.387 bits per heavy atom. The predicted molar refractivity (Wildman–Crippen MR) is 129 cm³/mol.